The Balaban J connectivity index is 1.49. The molecule has 3 rings (SSSR count). The maximum atomic E-state index is 11.8. The number of aryl methyl sites for hydroxylation is 1. The number of nitrogens with one attached hydrogen (secondary N) is 2. The smallest absolute Gasteiger partial charge is 0.244 e. The number of hydrogen-bond acceptors (Lipinski definition) is 4. The molecular formula is C15H18N4O2S. The number of carbonyl (C=O) groups is 1. The van der Waals surface area contributed by atoms with E-state index < -0.39 is 0 Å². The number of amides is 1. The molecule has 0 spiro atoms. The molecule has 0 aromatic carbocycles. The molecule has 2 N–H and O–H groups in total. The number of nitrogens with zero attached hydrogens (tertiary/aromatic N) is 2. The van der Waals surface area contributed by atoms with Gasteiger partial charge in [0.15, 0.2) is 4.77 Å². The van der Waals surface area contributed by atoms with Crippen molar-refractivity contribution in [3.8, 4) is 0 Å². The van der Waals surface area contributed by atoms with Crippen LogP contribution in [0, 0.1) is 11.7 Å². The molecule has 1 fully saturated rings. The van der Waals surface area contributed by atoms with Gasteiger partial charge in [0, 0.05) is 25.1 Å². The lowest BCUT2D eigenvalue weighted by Gasteiger charge is -2.05. The molecule has 1 aliphatic carbocycles. The molecule has 1 amide bonds. The van der Waals surface area contributed by atoms with Crippen LogP contribution >= 0.6 is 12.2 Å². The molecule has 2 aromatic heterocycles. The highest BCUT2D eigenvalue weighted by Crippen LogP contribution is 2.35. The Bertz CT molecular complexity index is 752. The lowest BCUT2D eigenvalue weighted by Crippen LogP contribution is -2.24. The van der Waals surface area contributed by atoms with Crippen molar-refractivity contribution in [3.63, 3.8) is 0 Å². The Morgan fingerprint density at radius 3 is 3.09 bits per heavy atom. The van der Waals surface area contributed by atoms with Gasteiger partial charge in [-0.1, -0.05) is 0 Å². The first-order valence-corrected chi connectivity index (χ1v) is 7.72. The molecule has 22 heavy (non-hydrogen) atoms. The minimum atomic E-state index is -0.152. The molecule has 0 unspecified atom stereocenters. The Morgan fingerprint density at radius 1 is 1.59 bits per heavy atom. The van der Waals surface area contributed by atoms with E-state index in [0.717, 1.165) is 24.4 Å². The van der Waals surface area contributed by atoms with Gasteiger partial charge >= 0.3 is 0 Å². The van der Waals surface area contributed by atoms with E-state index in [0.29, 0.717) is 29.5 Å². The topological polar surface area (TPSA) is 75.8 Å². The van der Waals surface area contributed by atoms with Crippen LogP contribution in [0.25, 0.3) is 6.08 Å². The first kappa shape index (κ1) is 14.8. The Morgan fingerprint density at radius 2 is 2.41 bits per heavy atom. The normalized spacial score (nSPS) is 14.6. The second-order valence-corrected chi connectivity index (χ2v) is 5.76. The Kier molecular flexibility index (Phi) is 4.24. The monoisotopic (exact) mass is 318 g/mol. The maximum Gasteiger partial charge on any atom is 0.244 e. The Hall–Kier alpha value is -2.15. The average molecular weight is 318 g/mol. The van der Waals surface area contributed by atoms with Gasteiger partial charge in [-0.05, 0) is 50.2 Å². The SMILES string of the molecule is Cc1ccc(/C=C/C(=O)NCCc2n[nH]c(=S)n2C2CC2)o1. The summed E-state index contributed by atoms with van der Waals surface area (Å²) in [5.74, 6) is 2.24. The zero-order valence-corrected chi connectivity index (χ0v) is 13.2. The van der Waals surface area contributed by atoms with E-state index in [1.807, 2.05) is 19.1 Å². The molecule has 2 aromatic rings. The van der Waals surface area contributed by atoms with Crippen molar-refractivity contribution in [3.05, 3.63) is 40.3 Å². The van der Waals surface area contributed by atoms with Gasteiger partial charge in [-0.2, -0.15) is 5.10 Å². The third-order valence-corrected chi connectivity index (χ3v) is 3.79. The molecule has 0 bridgehead atoms. The first-order valence-electron chi connectivity index (χ1n) is 7.31. The van der Waals surface area contributed by atoms with Crippen LogP contribution < -0.4 is 5.32 Å². The third kappa shape index (κ3) is 3.54. The van der Waals surface area contributed by atoms with Crippen LogP contribution in [0.4, 0.5) is 0 Å². The zero-order chi connectivity index (χ0) is 15.5. The first-order chi connectivity index (χ1) is 10.6. The highest BCUT2D eigenvalue weighted by molar-refractivity contribution is 7.71. The zero-order valence-electron chi connectivity index (χ0n) is 12.3. The number of H-pyrrole nitrogens is 1. The lowest BCUT2D eigenvalue weighted by atomic mass is 10.3. The van der Waals surface area contributed by atoms with Crippen LogP contribution in [0.3, 0.4) is 0 Å². The number of rotatable bonds is 6. The summed E-state index contributed by atoms with van der Waals surface area (Å²) in [5.41, 5.74) is 0. The minimum absolute atomic E-state index is 0.152. The van der Waals surface area contributed by atoms with Gasteiger partial charge in [-0.25, -0.2) is 0 Å². The second kappa shape index (κ2) is 6.31. The number of aromatic amines is 1. The molecule has 1 aliphatic rings. The van der Waals surface area contributed by atoms with Gasteiger partial charge in [0.1, 0.15) is 17.3 Å². The molecule has 0 aliphatic heterocycles. The largest absolute Gasteiger partial charge is 0.462 e. The lowest BCUT2D eigenvalue weighted by molar-refractivity contribution is -0.116. The molecule has 0 radical (unpaired) electrons. The summed E-state index contributed by atoms with van der Waals surface area (Å²) >= 11 is 5.22. The van der Waals surface area contributed by atoms with Crippen molar-refractivity contribution in [1.82, 2.24) is 20.1 Å². The van der Waals surface area contributed by atoms with Crippen molar-refractivity contribution in [2.24, 2.45) is 0 Å². The van der Waals surface area contributed by atoms with Crippen LogP contribution in [0.15, 0.2) is 22.6 Å². The minimum Gasteiger partial charge on any atom is -0.462 e. The molecule has 1 saturated carbocycles. The van der Waals surface area contributed by atoms with Gasteiger partial charge in [0.25, 0.3) is 0 Å². The van der Waals surface area contributed by atoms with Crippen LogP contribution in [0.5, 0.6) is 0 Å². The fourth-order valence-corrected chi connectivity index (χ4v) is 2.58. The molecule has 2 heterocycles. The van der Waals surface area contributed by atoms with Crippen LogP contribution in [0.2, 0.25) is 0 Å². The van der Waals surface area contributed by atoms with Crippen molar-refractivity contribution < 1.29 is 9.21 Å². The van der Waals surface area contributed by atoms with E-state index in [2.05, 4.69) is 20.1 Å². The highest BCUT2D eigenvalue weighted by Gasteiger charge is 2.26. The van der Waals surface area contributed by atoms with E-state index in [1.54, 1.807) is 6.08 Å². The summed E-state index contributed by atoms with van der Waals surface area (Å²) in [5, 5.41) is 9.89. The van der Waals surface area contributed by atoms with E-state index >= 15 is 0 Å². The molecular weight excluding hydrogens is 300 g/mol. The van der Waals surface area contributed by atoms with Crippen LogP contribution in [-0.4, -0.2) is 27.2 Å². The summed E-state index contributed by atoms with van der Waals surface area (Å²) in [7, 11) is 0. The molecule has 0 atom stereocenters. The fraction of sp³-hybridized carbons (Fsp3) is 0.400. The quantitative estimate of drug-likeness (QED) is 0.634. The van der Waals surface area contributed by atoms with Crippen molar-refractivity contribution in [1.29, 1.82) is 0 Å². The predicted molar refractivity (Wildman–Crippen MR) is 84.9 cm³/mol. The number of hydrogen-bond donors (Lipinski definition) is 2. The average Bonchev–Trinajstić information content (AvgIpc) is 3.13. The fourth-order valence-electron chi connectivity index (χ4n) is 2.28. The summed E-state index contributed by atoms with van der Waals surface area (Å²) in [4.78, 5) is 11.8. The van der Waals surface area contributed by atoms with Crippen molar-refractivity contribution in [2.75, 3.05) is 6.54 Å². The molecule has 0 saturated heterocycles. The number of carbonyl (C=O) groups excluding carboxylic acids is 1. The van der Waals surface area contributed by atoms with Gasteiger partial charge in [0.05, 0.1) is 0 Å². The second-order valence-electron chi connectivity index (χ2n) is 5.37. The third-order valence-electron chi connectivity index (χ3n) is 3.50. The summed E-state index contributed by atoms with van der Waals surface area (Å²) in [6, 6.07) is 4.17. The van der Waals surface area contributed by atoms with Crippen molar-refractivity contribution >= 4 is 24.2 Å². The molecule has 6 nitrogen and oxygen atoms in total. The van der Waals surface area contributed by atoms with Crippen LogP contribution in [-0.2, 0) is 11.2 Å². The van der Waals surface area contributed by atoms with E-state index in [1.165, 1.54) is 6.08 Å². The van der Waals surface area contributed by atoms with Gasteiger partial charge in [-0.15, -0.1) is 0 Å². The number of furan rings is 1. The van der Waals surface area contributed by atoms with E-state index in [4.69, 9.17) is 16.6 Å². The van der Waals surface area contributed by atoms with Gasteiger partial charge in [0.2, 0.25) is 5.91 Å². The summed E-state index contributed by atoms with van der Waals surface area (Å²) in [6.07, 6.45) is 6.08. The maximum absolute atomic E-state index is 11.8. The number of aromatic nitrogens is 3. The summed E-state index contributed by atoms with van der Waals surface area (Å²) < 4.78 is 8.09. The van der Waals surface area contributed by atoms with Gasteiger partial charge < -0.3 is 14.3 Å². The summed E-state index contributed by atoms with van der Waals surface area (Å²) in [6.45, 7) is 2.39. The molecule has 7 heteroatoms. The van der Waals surface area contributed by atoms with Crippen LogP contribution in [0.1, 0.15) is 36.2 Å². The standard InChI is InChI=1S/C15H18N4O2S/c1-10-2-5-12(21-10)6-7-14(20)16-9-8-13-17-18-15(22)19(13)11-3-4-11/h2,5-7,11H,3-4,8-9H2,1H3,(H,16,20)(H,18,22)/b7-6+. The highest BCUT2D eigenvalue weighted by atomic mass is 32.1. The van der Waals surface area contributed by atoms with Crippen molar-refractivity contribution in [2.45, 2.75) is 32.2 Å². The van der Waals surface area contributed by atoms with E-state index in [-0.39, 0.29) is 5.91 Å². The Labute approximate surface area is 133 Å². The molecule has 116 valence electrons. The van der Waals surface area contributed by atoms with E-state index in [9.17, 15) is 4.79 Å². The van der Waals surface area contributed by atoms with Gasteiger partial charge in [-0.3, -0.25) is 9.89 Å². The predicted octanol–water partition coefficient (Wildman–Crippen LogP) is 2.55.